The molecule has 0 unspecified atom stereocenters. The van der Waals surface area contributed by atoms with E-state index in [0.29, 0.717) is 11.1 Å². The standard InChI is InChI=1S/C33H26N2.2C30H23N3.C29H24N2/c1-34(33-17-9-13-26-11-7-8-16-32(26)33)28-20-22-30(23-21-28)35(29-14-3-2-4-15-29)31-19-18-25-10-5-6-12-27(25)24-31;1-32(28-14-7-9-23(21-28)22-31)25-17-19-27(20-18-25)33(26-12-3-2-4-13-26)30-16-8-11-24-10-5-6-15-29(24)30;1-32(25-16-14-23(22-31)15-17-25)26-18-20-28(21-19-26)33(27-10-3-2-4-11-27)30-13-7-9-24-8-5-6-12-29(24)30;1-30(25-12-4-2-5-13-25)26-18-20-28(21-19-26)31(27-14-6-3-7-15-27)29-17-16-23-10-8-9-11-24(23)22-29/h2-24H,1H3;2*2-21H,1H3;2-22H,1H3. The normalized spacial score (nSPS) is 10.7. The molecule has 0 aromatic heterocycles. The Labute approximate surface area is 773 Å². The van der Waals surface area contributed by atoms with Crippen LogP contribution in [0.2, 0.25) is 0 Å². The average Bonchev–Trinajstić information content (AvgIpc) is 0.780. The Morgan fingerprint density at radius 2 is 0.371 bits per heavy atom. The van der Waals surface area contributed by atoms with E-state index in [1.54, 1.807) is 0 Å². The first-order valence-electron chi connectivity index (χ1n) is 44.3. The fourth-order valence-corrected chi connectivity index (χ4v) is 17.1. The first kappa shape index (κ1) is 85.1. The highest BCUT2D eigenvalue weighted by Gasteiger charge is 2.22. The summed E-state index contributed by atoms with van der Waals surface area (Å²) in [6.45, 7) is 0. The van der Waals surface area contributed by atoms with Crippen molar-refractivity contribution in [1.29, 1.82) is 10.5 Å². The fraction of sp³-hybridized carbons (Fsp3) is 0.0328. The zero-order valence-electron chi connectivity index (χ0n) is 74.0. The number of benzene rings is 21. The number of nitrogens with zero attached hydrogens (tertiary/aromatic N) is 10. The number of para-hydroxylation sites is 5. The predicted molar refractivity (Wildman–Crippen MR) is 559 cm³/mol. The third kappa shape index (κ3) is 19.2. The van der Waals surface area contributed by atoms with Gasteiger partial charge in [0.2, 0.25) is 0 Å². The van der Waals surface area contributed by atoms with Crippen LogP contribution < -0.4 is 39.2 Å². The summed E-state index contributed by atoms with van der Waals surface area (Å²) in [5, 5.41) is 30.6. The van der Waals surface area contributed by atoms with Crippen molar-refractivity contribution in [3.8, 4) is 12.1 Å². The van der Waals surface area contributed by atoms with Crippen molar-refractivity contribution >= 4 is 168 Å². The van der Waals surface area contributed by atoms with Crippen LogP contribution in [0.15, 0.2) is 510 Å². The summed E-state index contributed by atoms with van der Waals surface area (Å²) in [7, 11) is 8.29. The fourth-order valence-electron chi connectivity index (χ4n) is 17.1. The summed E-state index contributed by atoms with van der Waals surface area (Å²) in [6, 6.07) is 182. The topological polar surface area (TPSA) is 73.5 Å². The number of rotatable bonds is 20. The Morgan fingerprint density at radius 3 is 0.735 bits per heavy atom. The average molecular weight is 1700 g/mol. The quantitative estimate of drug-likeness (QED) is 0.0737. The van der Waals surface area contributed by atoms with Gasteiger partial charge < -0.3 is 39.2 Å². The van der Waals surface area contributed by atoms with Gasteiger partial charge in [-0.05, 0) is 280 Å². The maximum Gasteiger partial charge on any atom is 0.0992 e. The molecule has 10 nitrogen and oxygen atoms in total. The first-order valence-corrected chi connectivity index (χ1v) is 44.3. The lowest BCUT2D eigenvalue weighted by Crippen LogP contribution is -2.12. The Kier molecular flexibility index (Phi) is 26.0. The van der Waals surface area contributed by atoms with E-state index in [2.05, 4.69) is 508 Å². The molecule has 0 N–H and O–H groups in total. The summed E-state index contributed by atoms with van der Waals surface area (Å²) >= 11 is 0. The summed E-state index contributed by atoms with van der Waals surface area (Å²) in [4.78, 5) is 17.9. The Balaban J connectivity index is 0.000000118. The molecule has 0 fully saturated rings. The molecule has 0 atom stereocenters. The minimum Gasteiger partial charge on any atom is -0.345 e. The van der Waals surface area contributed by atoms with Gasteiger partial charge in [-0.2, -0.15) is 10.5 Å². The smallest absolute Gasteiger partial charge is 0.0992 e. The lowest BCUT2D eigenvalue weighted by molar-refractivity contribution is 1.20. The molecule has 0 saturated carbocycles. The molecule has 132 heavy (non-hydrogen) atoms. The van der Waals surface area contributed by atoms with Crippen LogP contribution in [0.1, 0.15) is 11.1 Å². The van der Waals surface area contributed by atoms with Crippen molar-refractivity contribution in [2.24, 2.45) is 0 Å². The van der Waals surface area contributed by atoms with E-state index in [-0.39, 0.29) is 0 Å². The van der Waals surface area contributed by atoms with E-state index < -0.39 is 0 Å². The minimum absolute atomic E-state index is 0.655. The summed E-state index contributed by atoms with van der Waals surface area (Å²) in [5.41, 5.74) is 23.7. The van der Waals surface area contributed by atoms with Crippen LogP contribution in [0.3, 0.4) is 0 Å². The second-order valence-corrected chi connectivity index (χ2v) is 32.2. The molecule has 0 spiro atoms. The molecule has 0 bridgehead atoms. The van der Waals surface area contributed by atoms with E-state index in [4.69, 9.17) is 5.26 Å². The molecule has 0 amide bonds. The van der Waals surface area contributed by atoms with Crippen molar-refractivity contribution in [3.63, 3.8) is 0 Å². The highest BCUT2D eigenvalue weighted by Crippen LogP contribution is 2.45. The zero-order valence-corrected chi connectivity index (χ0v) is 74.0. The maximum atomic E-state index is 9.23. The molecule has 0 aliphatic heterocycles. The van der Waals surface area contributed by atoms with Gasteiger partial charge >= 0.3 is 0 Å². The highest BCUT2D eigenvalue weighted by atomic mass is 15.2. The van der Waals surface area contributed by atoms with Crippen LogP contribution in [0.25, 0.3) is 53.9 Å². The SMILES string of the molecule is CN(c1ccc(C#N)cc1)c1ccc(N(c2ccccc2)c2cccc3ccccc23)cc1.CN(c1ccc(N(c2ccccc2)c2ccc3ccccc3c2)cc1)c1cccc2ccccc12.CN(c1ccc(N(c2ccccc2)c2cccc3ccccc23)cc1)c1cccc(C#N)c1.CN(c1ccccc1)c1ccc(N(c2ccccc2)c2ccc3ccccc3c2)cc1. The zero-order chi connectivity index (χ0) is 89.9. The molecule has 0 aliphatic carbocycles. The van der Waals surface area contributed by atoms with Gasteiger partial charge in [-0.15, -0.1) is 0 Å². The number of fused-ring (bicyclic) bond motifs is 5. The first-order chi connectivity index (χ1) is 65.1. The molecular formula is C122H96N10. The third-order valence-electron chi connectivity index (χ3n) is 24.1. The number of hydrogen-bond acceptors (Lipinski definition) is 10. The lowest BCUT2D eigenvalue weighted by Gasteiger charge is -2.27. The molecule has 21 aromatic carbocycles. The molecule has 0 heterocycles. The number of nitriles is 2. The van der Waals surface area contributed by atoms with E-state index in [1.165, 1.54) is 65.2 Å². The highest BCUT2D eigenvalue weighted by molar-refractivity contribution is 6.02. The van der Waals surface area contributed by atoms with Gasteiger partial charge in [0.25, 0.3) is 0 Å². The van der Waals surface area contributed by atoms with E-state index >= 15 is 0 Å². The minimum atomic E-state index is 0.655. The van der Waals surface area contributed by atoms with Crippen LogP contribution in [-0.4, -0.2) is 28.2 Å². The van der Waals surface area contributed by atoms with Gasteiger partial charge in [0.05, 0.1) is 34.6 Å². The largest absolute Gasteiger partial charge is 0.345 e. The predicted octanol–water partition coefficient (Wildman–Crippen LogP) is 33.2. The molecule has 21 aromatic rings. The van der Waals surface area contributed by atoms with Crippen LogP contribution in [0.5, 0.6) is 0 Å². The molecule has 21 rings (SSSR count). The van der Waals surface area contributed by atoms with Crippen molar-refractivity contribution in [2.45, 2.75) is 0 Å². The molecule has 10 heteroatoms. The van der Waals surface area contributed by atoms with Crippen molar-refractivity contribution < 1.29 is 0 Å². The van der Waals surface area contributed by atoms with Crippen LogP contribution in [0, 0.1) is 22.7 Å². The van der Waals surface area contributed by atoms with Gasteiger partial charge in [-0.3, -0.25) is 0 Å². The number of hydrogen-bond donors (Lipinski definition) is 0. The van der Waals surface area contributed by atoms with Gasteiger partial charge in [-0.1, -0.05) is 267 Å². The lowest BCUT2D eigenvalue weighted by atomic mass is 10.1. The van der Waals surface area contributed by atoms with Crippen LogP contribution >= 0.6 is 0 Å². The van der Waals surface area contributed by atoms with E-state index in [1.807, 2.05) is 80.8 Å². The van der Waals surface area contributed by atoms with Gasteiger partial charge in [0.15, 0.2) is 0 Å². The molecule has 634 valence electrons. The van der Waals surface area contributed by atoms with Gasteiger partial charge in [0, 0.05) is 147 Å². The molecule has 0 saturated heterocycles. The monoisotopic (exact) mass is 1700 g/mol. The second kappa shape index (κ2) is 40.3. The van der Waals surface area contributed by atoms with Crippen molar-refractivity contribution in [1.82, 2.24) is 0 Å². The Bertz CT molecular complexity index is 7530. The van der Waals surface area contributed by atoms with Crippen molar-refractivity contribution in [3.05, 3.63) is 521 Å². The van der Waals surface area contributed by atoms with Crippen molar-refractivity contribution in [2.75, 3.05) is 67.4 Å². The van der Waals surface area contributed by atoms with Crippen LogP contribution in [0.4, 0.5) is 114 Å². The summed E-state index contributed by atoms with van der Waals surface area (Å²) in [6.07, 6.45) is 0. The third-order valence-corrected chi connectivity index (χ3v) is 24.1. The molecular weight excluding hydrogens is 1610 g/mol. The van der Waals surface area contributed by atoms with Crippen LogP contribution in [-0.2, 0) is 0 Å². The summed E-state index contributed by atoms with van der Waals surface area (Å²) < 4.78 is 0. The van der Waals surface area contributed by atoms with Gasteiger partial charge in [0.1, 0.15) is 0 Å². The number of anilines is 20. The molecule has 0 radical (unpaired) electrons. The maximum absolute atomic E-state index is 9.23. The Hall–Kier alpha value is -17.7. The summed E-state index contributed by atoms with van der Waals surface area (Å²) in [5.74, 6) is 0. The Morgan fingerprint density at radius 1 is 0.144 bits per heavy atom. The van der Waals surface area contributed by atoms with E-state index in [0.717, 1.165) is 102 Å². The van der Waals surface area contributed by atoms with E-state index in [9.17, 15) is 5.26 Å². The van der Waals surface area contributed by atoms with Gasteiger partial charge in [-0.25, -0.2) is 0 Å². The second-order valence-electron chi connectivity index (χ2n) is 32.2. The molecule has 0 aliphatic rings.